The zero-order valence-electron chi connectivity index (χ0n) is 18.7. The number of hydrogen-bond acceptors (Lipinski definition) is 9. The van der Waals surface area contributed by atoms with Crippen LogP contribution in [0, 0.1) is 13.8 Å². The van der Waals surface area contributed by atoms with Gasteiger partial charge in [-0.05, 0) is 45.0 Å². The van der Waals surface area contributed by atoms with Gasteiger partial charge in [0.25, 0.3) is 5.91 Å². The van der Waals surface area contributed by atoms with E-state index in [1.54, 1.807) is 0 Å². The number of esters is 1. The van der Waals surface area contributed by atoms with Crippen molar-refractivity contribution in [3.63, 3.8) is 0 Å². The van der Waals surface area contributed by atoms with Crippen LogP contribution < -0.4 is 5.32 Å². The molecule has 1 atom stereocenters. The van der Waals surface area contributed by atoms with E-state index in [0.717, 1.165) is 11.3 Å². The van der Waals surface area contributed by atoms with Crippen molar-refractivity contribution in [2.24, 2.45) is 0 Å². The first-order chi connectivity index (χ1) is 15.7. The van der Waals surface area contributed by atoms with Crippen LogP contribution in [0.25, 0.3) is 0 Å². The second kappa shape index (κ2) is 11.1. The van der Waals surface area contributed by atoms with Gasteiger partial charge in [0.05, 0.1) is 29.6 Å². The highest BCUT2D eigenvalue weighted by Crippen LogP contribution is 2.21. The summed E-state index contributed by atoms with van der Waals surface area (Å²) < 4.78 is 42.2. The highest BCUT2D eigenvalue weighted by atomic mass is 32.2. The Morgan fingerprint density at radius 2 is 1.88 bits per heavy atom. The molecule has 0 radical (unpaired) electrons. The lowest BCUT2D eigenvalue weighted by Gasteiger charge is -2.26. The Hall–Kier alpha value is -2.41. The first-order valence-electron chi connectivity index (χ1n) is 10.4. The number of carbonyl (C=O) groups is 2. The number of rotatable bonds is 9. The molecule has 2 aromatic rings. The summed E-state index contributed by atoms with van der Waals surface area (Å²) in [5, 5.41) is 6.50. The number of morpholine rings is 1. The van der Waals surface area contributed by atoms with Crippen LogP contribution in [0.15, 0.2) is 33.7 Å². The van der Waals surface area contributed by atoms with E-state index < -0.39 is 28.0 Å². The molecule has 1 aliphatic rings. The SMILES string of the molecule is Cc1noc(C)c1CSCC(=O)OC(C)C(=O)Nc1ccc(S(=O)(=O)N2CCOCC2)cc1. The molecule has 1 fully saturated rings. The number of benzene rings is 1. The van der Waals surface area contributed by atoms with Crippen LogP contribution in [-0.2, 0) is 34.8 Å². The van der Waals surface area contributed by atoms with Gasteiger partial charge in [-0.1, -0.05) is 5.16 Å². The van der Waals surface area contributed by atoms with Crippen molar-refractivity contribution in [1.29, 1.82) is 0 Å². The number of aryl methyl sites for hydroxylation is 2. The van der Waals surface area contributed by atoms with E-state index in [2.05, 4.69) is 10.5 Å². The summed E-state index contributed by atoms with van der Waals surface area (Å²) in [6, 6.07) is 5.86. The molecule has 2 heterocycles. The number of anilines is 1. The molecule has 10 nitrogen and oxygen atoms in total. The number of hydrogen-bond donors (Lipinski definition) is 1. The third-order valence-electron chi connectivity index (χ3n) is 5.05. The maximum atomic E-state index is 12.7. The number of nitrogens with zero attached hydrogens (tertiary/aromatic N) is 2. The quantitative estimate of drug-likeness (QED) is 0.518. The van der Waals surface area contributed by atoms with Crippen molar-refractivity contribution in [2.45, 2.75) is 37.5 Å². The molecule has 180 valence electrons. The summed E-state index contributed by atoms with van der Waals surface area (Å²) in [6.45, 7) is 6.46. The van der Waals surface area contributed by atoms with E-state index in [1.165, 1.54) is 47.3 Å². The number of carbonyl (C=O) groups excluding carboxylic acids is 2. The summed E-state index contributed by atoms with van der Waals surface area (Å²) in [5.74, 6) is 0.320. The van der Waals surface area contributed by atoms with Crippen molar-refractivity contribution in [3.8, 4) is 0 Å². The van der Waals surface area contributed by atoms with E-state index in [9.17, 15) is 18.0 Å². The number of nitrogens with one attached hydrogen (secondary N) is 1. The van der Waals surface area contributed by atoms with Gasteiger partial charge in [-0.2, -0.15) is 4.31 Å². The Kier molecular flexibility index (Phi) is 8.51. The second-order valence-corrected chi connectivity index (χ2v) is 10.4. The van der Waals surface area contributed by atoms with E-state index in [0.29, 0.717) is 43.5 Å². The van der Waals surface area contributed by atoms with Gasteiger partial charge in [0.15, 0.2) is 6.10 Å². The zero-order chi connectivity index (χ0) is 24.0. The molecular formula is C21H27N3O7S2. The van der Waals surface area contributed by atoms with Crippen molar-refractivity contribution in [3.05, 3.63) is 41.3 Å². The van der Waals surface area contributed by atoms with Crippen LogP contribution >= 0.6 is 11.8 Å². The topological polar surface area (TPSA) is 128 Å². The molecule has 1 aliphatic heterocycles. The van der Waals surface area contributed by atoms with Gasteiger partial charge in [0.1, 0.15) is 5.76 Å². The van der Waals surface area contributed by atoms with Gasteiger partial charge in [0, 0.05) is 30.1 Å². The highest BCUT2D eigenvalue weighted by Gasteiger charge is 2.26. The lowest BCUT2D eigenvalue weighted by molar-refractivity contribution is -0.150. The summed E-state index contributed by atoms with van der Waals surface area (Å²) in [7, 11) is -3.61. The van der Waals surface area contributed by atoms with Gasteiger partial charge in [-0.15, -0.1) is 11.8 Å². The molecule has 0 saturated carbocycles. The Morgan fingerprint density at radius 1 is 1.21 bits per heavy atom. The number of ether oxygens (including phenoxy) is 2. The van der Waals surface area contributed by atoms with Crippen LogP contribution in [0.3, 0.4) is 0 Å². The summed E-state index contributed by atoms with van der Waals surface area (Å²) in [4.78, 5) is 24.6. The standard InChI is InChI=1S/C21H27N3O7S2/c1-14-19(15(2)31-23-14)12-32-13-20(25)30-16(3)21(26)22-17-4-6-18(7-5-17)33(27,28)24-8-10-29-11-9-24/h4-7,16H,8-13H2,1-3H3,(H,22,26). The zero-order valence-corrected chi connectivity index (χ0v) is 20.3. The first kappa shape index (κ1) is 25.2. The van der Waals surface area contributed by atoms with Gasteiger partial charge in [-0.3, -0.25) is 9.59 Å². The third-order valence-corrected chi connectivity index (χ3v) is 7.90. The number of sulfonamides is 1. The molecule has 1 unspecified atom stereocenters. The number of aromatic nitrogens is 1. The molecule has 0 bridgehead atoms. The van der Waals surface area contributed by atoms with Crippen molar-refractivity contribution < 1.29 is 32.0 Å². The minimum Gasteiger partial charge on any atom is -0.452 e. The van der Waals surface area contributed by atoms with Crippen molar-refractivity contribution >= 4 is 39.3 Å². The monoisotopic (exact) mass is 497 g/mol. The van der Waals surface area contributed by atoms with Crippen LogP contribution in [-0.4, -0.2) is 67.9 Å². The summed E-state index contributed by atoms with van der Waals surface area (Å²) >= 11 is 1.35. The summed E-state index contributed by atoms with van der Waals surface area (Å²) in [5.41, 5.74) is 2.12. The molecule has 1 aromatic heterocycles. The normalized spacial score (nSPS) is 15.7. The van der Waals surface area contributed by atoms with Crippen LogP contribution in [0.2, 0.25) is 0 Å². The molecule has 12 heteroatoms. The number of thioether (sulfide) groups is 1. The molecule has 3 rings (SSSR count). The maximum Gasteiger partial charge on any atom is 0.316 e. The third kappa shape index (κ3) is 6.56. The average molecular weight is 498 g/mol. The van der Waals surface area contributed by atoms with Gasteiger partial charge in [-0.25, -0.2) is 8.42 Å². The molecule has 0 aliphatic carbocycles. The Balaban J connectivity index is 1.47. The highest BCUT2D eigenvalue weighted by molar-refractivity contribution is 7.99. The van der Waals surface area contributed by atoms with Gasteiger partial charge < -0.3 is 19.3 Å². The summed E-state index contributed by atoms with van der Waals surface area (Å²) in [6.07, 6.45) is -1.01. The minimum absolute atomic E-state index is 0.0791. The smallest absolute Gasteiger partial charge is 0.316 e. The van der Waals surface area contributed by atoms with E-state index in [4.69, 9.17) is 14.0 Å². The van der Waals surface area contributed by atoms with Gasteiger partial charge >= 0.3 is 5.97 Å². The molecule has 33 heavy (non-hydrogen) atoms. The average Bonchev–Trinajstić information content (AvgIpc) is 3.12. The van der Waals surface area contributed by atoms with Crippen LogP contribution in [0.4, 0.5) is 5.69 Å². The minimum atomic E-state index is -3.61. The van der Waals surface area contributed by atoms with Crippen molar-refractivity contribution in [2.75, 3.05) is 37.4 Å². The van der Waals surface area contributed by atoms with E-state index in [-0.39, 0.29) is 10.6 Å². The first-order valence-corrected chi connectivity index (χ1v) is 13.0. The maximum absolute atomic E-state index is 12.7. The predicted octanol–water partition coefficient (Wildman–Crippen LogP) is 2.12. The predicted molar refractivity (Wildman–Crippen MR) is 122 cm³/mol. The molecule has 1 amide bonds. The Labute approximate surface area is 197 Å². The Bertz CT molecular complexity index is 1060. The molecule has 0 spiro atoms. The second-order valence-electron chi connectivity index (χ2n) is 7.46. The van der Waals surface area contributed by atoms with Crippen LogP contribution in [0.5, 0.6) is 0 Å². The van der Waals surface area contributed by atoms with Crippen LogP contribution in [0.1, 0.15) is 23.9 Å². The van der Waals surface area contributed by atoms with Crippen molar-refractivity contribution in [1.82, 2.24) is 9.46 Å². The fourth-order valence-electron chi connectivity index (χ4n) is 3.12. The lowest BCUT2D eigenvalue weighted by Crippen LogP contribution is -2.40. The Morgan fingerprint density at radius 3 is 2.48 bits per heavy atom. The molecule has 1 aromatic carbocycles. The molecule has 1 saturated heterocycles. The fourth-order valence-corrected chi connectivity index (χ4v) is 5.48. The largest absolute Gasteiger partial charge is 0.452 e. The number of amides is 1. The fraction of sp³-hybridized carbons (Fsp3) is 0.476. The lowest BCUT2D eigenvalue weighted by atomic mass is 10.2. The van der Waals surface area contributed by atoms with Gasteiger partial charge in [0.2, 0.25) is 10.0 Å². The van der Waals surface area contributed by atoms with E-state index >= 15 is 0 Å². The molecular weight excluding hydrogens is 470 g/mol. The van der Waals surface area contributed by atoms with E-state index in [1.807, 2.05) is 13.8 Å². The molecule has 1 N–H and O–H groups in total.